The zero-order valence-electron chi connectivity index (χ0n) is 13.9. The highest BCUT2D eigenvalue weighted by atomic mass is 79.9. The van der Waals surface area contributed by atoms with E-state index in [0.29, 0.717) is 10.7 Å². The predicted molar refractivity (Wildman–Crippen MR) is 107 cm³/mol. The van der Waals surface area contributed by atoms with Crippen LogP contribution in [0.25, 0.3) is 5.76 Å². The van der Waals surface area contributed by atoms with E-state index in [2.05, 4.69) is 20.9 Å². The molecule has 0 saturated carbocycles. The Hall–Kier alpha value is -2.77. The van der Waals surface area contributed by atoms with Crippen LogP contribution in [0, 0.1) is 0 Å². The van der Waals surface area contributed by atoms with Crippen LogP contribution in [0.5, 0.6) is 0 Å². The summed E-state index contributed by atoms with van der Waals surface area (Å²) in [4.78, 5) is 31.2. The molecular formula is C20H13BrN2O3S. The number of rotatable bonds is 3. The number of aromatic nitrogens is 1. The van der Waals surface area contributed by atoms with Gasteiger partial charge in [0, 0.05) is 21.6 Å². The molecule has 1 aromatic heterocycles. The van der Waals surface area contributed by atoms with Gasteiger partial charge in [-0.25, -0.2) is 4.98 Å². The molecule has 7 heteroatoms. The van der Waals surface area contributed by atoms with Crippen molar-refractivity contribution in [2.45, 2.75) is 6.04 Å². The number of ketones is 1. The quantitative estimate of drug-likeness (QED) is 0.368. The van der Waals surface area contributed by atoms with Gasteiger partial charge in [-0.3, -0.25) is 14.5 Å². The number of benzene rings is 2. The van der Waals surface area contributed by atoms with Gasteiger partial charge in [0.25, 0.3) is 5.78 Å². The van der Waals surface area contributed by atoms with Gasteiger partial charge in [-0.1, -0.05) is 58.4 Å². The fraction of sp³-hybridized carbons (Fsp3) is 0.0500. The summed E-state index contributed by atoms with van der Waals surface area (Å²) in [6.45, 7) is 0. The average molecular weight is 441 g/mol. The molecule has 0 aliphatic carbocycles. The summed E-state index contributed by atoms with van der Waals surface area (Å²) in [5.74, 6) is -1.62. The summed E-state index contributed by atoms with van der Waals surface area (Å²) in [7, 11) is 0. The summed E-state index contributed by atoms with van der Waals surface area (Å²) >= 11 is 4.62. The smallest absolute Gasteiger partial charge is 0.301 e. The van der Waals surface area contributed by atoms with Crippen LogP contribution in [0.3, 0.4) is 0 Å². The Morgan fingerprint density at radius 1 is 1.07 bits per heavy atom. The highest BCUT2D eigenvalue weighted by molar-refractivity contribution is 9.10. The van der Waals surface area contributed by atoms with E-state index in [1.165, 1.54) is 16.2 Å². The lowest BCUT2D eigenvalue weighted by molar-refractivity contribution is -0.132. The van der Waals surface area contributed by atoms with E-state index in [1.54, 1.807) is 35.8 Å². The van der Waals surface area contributed by atoms with Crippen molar-refractivity contribution < 1.29 is 14.7 Å². The molecule has 3 aromatic rings. The number of carbonyl (C=O) groups is 2. The Morgan fingerprint density at radius 2 is 1.78 bits per heavy atom. The van der Waals surface area contributed by atoms with Crippen molar-refractivity contribution >= 4 is 49.8 Å². The SMILES string of the molecule is O=C1C(=O)N(c2nccs2)C(c2ccccc2)C1=C(O)c1ccc(Br)cc1. The Morgan fingerprint density at radius 3 is 2.41 bits per heavy atom. The average Bonchev–Trinajstić information content (AvgIpc) is 3.30. The molecule has 0 radical (unpaired) electrons. The molecule has 1 atom stereocenters. The number of hydrogen-bond acceptors (Lipinski definition) is 5. The molecule has 1 N–H and O–H groups in total. The first-order chi connectivity index (χ1) is 13.1. The summed E-state index contributed by atoms with van der Waals surface area (Å²) in [5, 5.41) is 13.1. The number of hydrogen-bond donors (Lipinski definition) is 1. The number of Topliss-reactive ketones (excluding diaryl/α,β-unsaturated/α-hetero) is 1. The van der Waals surface area contributed by atoms with Crippen molar-refractivity contribution in [3.63, 3.8) is 0 Å². The number of carbonyl (C=O) groups excluding carboxylic acids is 2. The number of aliphatic hydroxyl groups excluding tert-OH is 1. The maximum atomic E-state index is 12.8. The minimum absolute atomic E-state index is 0.0590. The van der Waals surface area contributed by atoms with E-state index < -0.39 is 17.7 Å². The van der Waals surface area contributed by atoms with Crippen molar-refractivity contribution in [1.29, 1.82) is 0 Å². The molecule has 1 fully saturated rings. The van der Waals surface area contributed by atoms with Gasteiger partial charge in [-0.2, -0.15) is 0 Å². The van der Waals surface area contributed by atoms with Crippen molar-refractivity contribution in [1.82, 2.24) is 4.98 Å². The van der Waals surface area contributed by atoms with Gasteiger partial charge in [0.1, 0.15) is 5.76 Å². The van der Waals surface area contributed by atoms with Crippen LogP contribution in [-0.2, 0) is 9.59 Å². The third-order valence-electron chi connectivity index (χ3n) is 4.30. The molecule has 2 heterocycles. The third-order valence-corrected chi connectivity index (χ3v) is 5.60. The molecule has 134 valence electrons. The first-order valence-corrected chi connectivity index (χ1v) is 9.76. The number of thiazole rings is 1. The number of halogens is 1. The van der Waals surface area contributed by atoms with Crippen molar-refractivity contribution in [3.8, 4) is 0 Å². The standard InChI is InChI=1S/C20H13BrN2O3S/c21-14-8-6-13(7-9-14)17(24)15-16(12-4-2-1-3-5-12)23(19(26)18(15)25)20-22-10-11-27-20/h1-11,16,24H. The largest absolute Gasteiger partial charge is 0.507 e. The molecule has 0 spiro atoms. The molecule has 27 heavy (non-hydrogen) atoms. The first kappa shape index (κ1) is 17.6. The monoisotopic (exact) mass is 440 g/mol. The van der Waals surface area contributed by atoms with Gasteiger partial charge in [0.2, 0.25) is 0 Å². The second kappa shape index (κ2) is 7.09. The Kier molecular flexibility index (Phi) is 4.63. The van der Waals surface area contributed by atoms with E-state index >= 15 is 0 Å². The van der Waals surface area contributed by atoms with Crippen molar-refractivity contribution in [2.75, 3.05) is 4.90 Å². The summed E-state index contributed by atoms with van der Waals surface area (Å²) in [6, 6.07) is 15.4. The zero-order valence-corrected chi connectivity index (χ0v) is 16.3. The number of nitrogens with zero attached hydrogens (tertiary/aromatic N) is 2. The van der Waals surface area contributed by atoms with Gasteiger partial charge >= 0.3 is 5.91 Å². The van der Waals surface area contributed by atoms with Gasteiger partial charge in [0.15, 0.2) is 5.13 Å². The molecule has 4 rings (SSSR count). The highest BCUT2D eigenvalue weighted by Crippen LogP contribution is 2.42. The zero-order chi connectivity index (χ0) is 19.0. The summed E-state index contributed by atoms with van der Waals surface area (Å²) in [6.07, 6.45) is 1.58. The van der Waals surface area contributed by atoms with Crippen molar-refractivity contribution in [3.05, 3.63) is 87.3 Å². The molecular weight excluding hydrogens is 428 g/mol. The van der Waals surface area contributed by atoms with E-state index in [-0.39, 0.29) is 11.3 Å². The van der Waals surface area contributed by atoms with Crippen LogP contribution in [0.2, 0.25) is 0 Å². The van der Waals surface area contributed by atoms with E-state index in [4.69, 9.17) is 0 Å². The fourth-order valence-electron chi connectivity index (χ4n) is 3.08. The maximum Gasteiger partial charge on any atom is 0.301 e. The van der Waals surface area contributed by atoms with Gasteiger partial charge < -0.3 is 5.11 Å². The van der Waals surface area contributed by atoms with Crippen LogP contribution in [0.15, 0.2) is 76.2 Å². The Bertz CT molecular complexity index is 1030. The van der Waals surface area contributed by atoms with Crippen LogP contribution in [-0.4, -0.2) is 21.8 Å². The lowest BCUT2D eigenvalue weighted by Crippen LogP contribution is -2.29. The molecule has 1 amide bonds. The normalized spacial score (nSPS) is 18.9. The summed E-state index contributed by atoms with van der Waals surface area (Å²) < 4.78 is 0.849. The molecule has 1 saturated heterocycles. The van der Waals surface area contributed by atoms with E-state index in [1.807, 2.05) is 30.3 Å². The van der Waals surface area contributed by atoms with Gasteiger partial charge in [-0.15, -0.1) is 11.3 Å². The Balaban J connectivity index is 1.93. The third kappa shape index (κ3) is 3.09. The number of amides is 1. The first-order valence-electron chi connectivity index (χ1n) is 8.09. The second-order valence-electron chi connectivity index (χ2n) is 5.90. The topological polar surface area (TPSA) is 70.5 Å². The van der Waals surface area contributed by atoms with E-state index in [9.17, 15) is 14.7 Å². The van der Waals surface area contributed by atoms with Crippen LogP contribution < -0.4 is 4.90 Å². The molecule has 0 bridgehead atoms. The van der Waals surface area contributed by atoms with Crippen LogP contribution in [0.1, 0.15) is 17.2 Å². The lowest BCUT2D eigenvalue weighted by Gasteiger charge is -2.22. The van der Waals surface area contributed by atoms with Gasteiger partial charge in [-0.05, 0) is 17.7 Å². The Labute approximate surface area is 167 Å². The van der Waals surface area contributed by atoms with Crippen molar-refractivity contribution in [2.24, 2.45) is 0 Å². The fourth-order valence-corrected chi connectivity index (χ4v) is 4.01. The van der Waals surface area contributed by atoms with Gasteiger partial charge in [0.05, 0.1) is 11.6 Å². The molecule has 1 aliphatic heterocycles. The molecule has 1 aliphatic rings. The van der Waals surface area contributed by atoms with Crippen LogP contribution in [0.4, 0.5) is 5.13 Å². The van der Waals surface area contributed by atoms with Crippen LogP contribution >= 0.6 is 27.3 Å². The van der Waals surface area contributed by atoms with E-state index in [0.717, 1.165) is 10.0 Å². The highest BCUT2D eigenvalue weighted by Gasteiger charge is 2.47. The molecule has 1 unspecified atom stereocenters. The lowest BCUT2D eigenvalue weighted by atomic mass is 9.95. The number of anilines is 1. The molecule has 5 nitrogen and oxygen atoms in total. The molecule has 2 aromatic carbocycles. The summed E-state index contributed by atoms with van der Waals surface area (Å²) in [5.41, 5.74) is 1.26. The maximum absolute atomic E-state index is 12.8. The number of aliphatic hydroxyl groups is 1. The minimum atomic E-state index is -0.735. The second-order valence-corrected chi connectivity index (χ2v) is 7.69. The minimum Gasteiger partial charge on any atom is -0.507 e. The predicted octanol–water partition coefficient (Wildman–Crippen LogP) is 4.53.